The van der Waals surface area contributed by atoms with Crippen molar-refractivity contribution >= 4 is 65.6 Å². The molecule has 0 spiro atoms. The van der Waals surface area contributed by atoms with Crippen LogP contribution in [0.15, 0.2) is 151 Å². The standard InChI is InChI=1S/C94H110N2O8/c1-61(2)39-45-99-86-53-69(29-30-70-54-89(102-48-42-64(7)8)71(55-88(70)101-47-41-63(5)6)31-32-72-56-91(104-50-44-66(11)12)73(51-74(60-95)92(97)98)57-90(72)103-49-43-65(9)10)87(100-46-40-62(3)4)52-68(86)28-25-67-26-33-75(34-27-67)96(76-35-37-80-78-21-17-19-23-82(78)93(13,14)84(80)58-76)77-36-38-81-79-22-18-20-24-83(79)94(15,16)85(81)59-77/h17-38,51-59,61-66H,39-50H2,1-16H3,(H,97,98)/b28-25+,30-29+,32-31+,74-51+. The van der Waals surface area contributed by atoms with Gasteiger partial charge in [0.25, 0.3) is 0 Å². The molecule has 104 heavy (non-hydrogen) atoms. The van der Waals surface area contributed by atoms with Crippen LogP contribution < -0.4 is 33.3 Å². The van der Waals surface area contributed by atoms with E-state index < -0.39 is 11.5 Å². The van der Waals surface area contributed by atoms with E-state index >= 15 is 0 Å². The Kier molecular flexibility index (Phi) is 25.7. The Balaban J connectivity index is 1.04. The van der Waals surface area contributed by atoms with Crippen LogP contribution >= 0.6 is 0 Å². The number of nitriles is 1. The lowest BCUT2D eigenvalue weighted by molar-refractivity contribution is -0.132. The highest BCUT2D eigenvalue weighted by Gasteiger charge is 2.38. The second-order valence-electron chi connectivity index (χ2n) is 31.7. The first-order valence-corrected chi connectivity index (χ1v) is 37.9. The molecule has 0 atom stereocenters. The molecule has 10 nitrogen and oxygen atoms in total. The number of carboxylic acids is 1. The number of ether oxygens (including phenoxy) is 6. The van der Waals surface area contributed by atoms with Gasteiger partial charge in [0.1, 0.15) is 46.1 Å². The molecule has 0 heterocycles. The van der Waals surface area contributed by atoms with Crippen molar-refractivity contribution in [1.82, 2.24) is 0 Å². The molecule has 8 aromatic carbocycles. The minimum atomic E-state index is -1.32. The summed E-state index contributed by atoms with van der Waals surface area (Å²) >= 11 is 0. The van der Waals surface area contributed by atoms with Crippen LogP contribution in [0.2, 0.25) is 0 Å². The third kappa shape index (κ3) is 19.0. The lowest BCUT2D eigenvalue weighted by Gasteiger charge is -2.29. The van der Waals surface area contributed by atoms with Crippen LogP contribution in [0.1, 0.15) is 211 Å². The highest BCUT2D eigenvalue weighted by Crippen LogP contribution is 2.53. The van der Waals surface area contributed by atoms with Crippen molar-refractivity contribution in [3.05, 3.63) is 212 Å². The third-order valence-electron chi connectivity index (χ3n) is 19.9. The number of rotatable bonds is 35. The molecule has 0 aromatic heterocycles. The molecule has 1 N–H and O–H groups in total. The first-order valence-electron chi connectivity index (χ1n) is 37.9. The van der Waals surface area contributed by atoms with Crippen molar-refractivity contribution in [3.8, 4) is 62.8 Å². The van der Waals surface area contributed by atoms with Crippen molar-refractivity contribution in [2.45, 2.75) is 160 Å². The van der Waals surface area contributed by atoms with Crippen molar-refractivity contribution in [1.29, 1.82) is 5.26 Å². The highest BCUT2D eigenvalue weighted by atomic mass is 16.5. The van der Waals surface area contributed by atoms with Crippen LogP contribution in [0.25, 0.3) is 64.8 Å². The molecule has 544 valence electrons. The van der Waals surface area contributed by atoms with Gasteiger partial charge in [0.2, 0.25) is 0 Å². The summed E-state index contributed by atoms with van der Waals surface area (Å²) in [7, 11) is 0. The molecule has 0 amide bonds. The van der Waals surface area contributed by atoms with E-state index in [1.54, 1.807) is 6.07 Å². The quantitative estimate of drug-likeness (QED) is 0.0234. The molecule has 0 saturated heterocycles. The largest absolute Gasteiger partial charge is 0.493 e. The molecule has 0 aliphatic heterocycles. The summed E-state index contributed by atoms with van der Waals surface area (Å²) in [5.41, 5.74) is 18.7. The molecular weight excluding hydrogens is 1290 g/mol. The normalized spacial score (nSPS) is 13.6. The molecule has 8 aromatic rings. The van der Waals surface area contributed by atoms with E-state index in [4.69, 9.17) is 28.4 Å². The summed E-state index contributed by atoms with van der Waals surface area (Å²) in [6, 6.07) is 54.6. The Morgan fingerprint density at radius 2 is 0.654 bits per heavy atom. The van der Waals surface area contributed by atoms with Crippen LogP contribution in [-0.4, -0.2) is 50.7 Å². The van der Waals surface area contributed by atoms with Gasteiger partial charge >= 0.3 is 5.97 Å². The third-order valence-corrected chi connectivity index (χ3v) is 19.9. The van der Waals surface area contributed by atoms with E-state index in [0.717, 1.165) is 100 Å². The summed E-state index contributed by atoms with van der Waals surface area (Å²) in [5.74, 6) is 4.98. The SMILES string of the molecule is CC(C)CCOc1cc(/C=C/c2cc(OCCC(C)C)c(/C=C/c3cc(OCCC(C)C)c(/C=C(\C#N)C(=O)O)cc3OCCC(C)C)cc2OCCC(C)C)c(OCCC(C)C)cc1/C=C/c1ccc(N(c2ccc3c(c2)C(C)(C)c2ccccc2-3)c2ccc3c(c2)C(C)(C)c2ccccc2-3)cc1. The zero-order valence-corrected chi connectivity index (χ0v) is 64.5. The maximum atomic E-state index is 12.2. The number of fused-ring (bicyclic) bond motifs is 6. The number of aliphatic carboxylic acids is 1. The van der Waals surface area contributed by atoms with Gasteiger partial charge in [-0.3, -0.25) is 0 Å². The molecule has 0 bridgehead atoms. The van der Waals surface area contributed by atoms with Crippen molar-refractivity contribution in [3.63, 3.8) is 0 Å². The van der Waals surface area contributed by atoms with E-state index in [9.17, 15) is 15.2 Å². The minimum Gasteiger partial charge on any atom is -0.493 e. The van der Waals surface area contributed by atoms with Gasteiger partial charge < -0.3 is 38.4 Å². The maximum Gasteiger partial charge on any atom is 0.346 e. The smallest absolute Gasteiger partial charge is 0.346 e. The summed E-state index contributed by atoms with van der Waals surface area (Å²) in [6.45, 7) is 38.5. The summed E-state index contributed by atoms with van der Waals surface area (Å²) in [4.78, 5) is 14.6. The van der Waals surface area contributed by atoms with Crippen molar-refractivity contribution in [2.75, 3.05) is 44.5 Å². The molecule has 10 heteroatoms. The van der Waals surface area contributed by atoms with Gasteiger partial charge in [-0.05, 0) is 203 Å². The first-order chi connectivity index (χ1) is 49.8. The zero-order valence-electron chi connectivity index (χ0n) is 64.5. The second-order valence-corrected chi connectivity index (χ2v) is 31.7. The lowest BCUT2D eigenvalue weighted by atomic mass is 9.82. The molecule has 2 aliphatic rings. The number of hydrogen-bond acceptors (Lipinski definition) is 9. The number of benzene rings is 8. The fraction of sp³-hybridized carbons (Fsp3) is 0.383. The number of anilines is 3. The first kappa shape index (κ1) is 76.9. The van der Waals surface area contributed by atoms with Gasteiger partial charge in [-0.1, -0.05) is 220 Å². The number of hydrogen-bond donors (Lipinski definition) is 1. The van der Waals surface area contributed by atoms with Crippen LogP contribution in [0.4, 0.5) is 17.1 Å². The van der Waals surface area contributed by atoms with Gasteiger partial charge in [-0.15, -0.1) is 0 Å². The Bertz CT molecular complexity index is 4370. The van der Waals surface area contributed by atoms with Crippen molar-refractivity contribution in [2.24, 2.45) is 35.5 Å². The molecular formula is C94H110N2O8. The Morgan fingerprint density at radius 1 is 0.375 bits per heavy atom. The zero-order chi connectivity index (χ0) is 74.4. The van der Waals surface area contributed by atoms with Gasteiger partial charge in [0.05, 0.1) is 39.6 Å². The number of carboxylic acid groups (broad SMARTS) is 1. The Morgan fingerprint density at radius 3 is 0.962 bits per heavy atom. The van der Waals surface area contributed by atoms with Crippen LogP contribution in [0.5, 0.6) is 34.5 Å². The topological polar surface area (TPSA) is 120 Å². The fourth-order valence-corrected chi connectivity index (χ4v) is 13.4. The van der Waals surface area contributed by atoms with Crippen LogP contribution in [0.3, 0.4) is 0 Å². The average Bonchev–Trinajstić information content (AvgIpc) is 1.58. The van der Waals surface area contributed by atoms with E-state index in [1.807, 2.05) is 24.3 Å². The summed E-state index contributed by atoms with van der Waals surface area (Å²) in [6.07, 6.45) is 18.9. The van der Waals surface area contributed by atoms with E-state index in [-0.39, 0.29) is 10.8 Å². The van der Waals surface area contributed by atoms with Crippen LogP contribution in [0, 0.1) is 46.8 Å². The predicted molar refractivity (Wildman–Crippen MR) is 433 cm³/mol. The second kappa shape index (κ2) is 34.7. The molecule has 0 unspecified atom stereocenters. The van der Waals surface area contributed by atoms with Gasteiger partial charge in [-0.2, -0.15) is 5.26 Å². The minimum absolute atomic E-state index is 0.168. The van der Waals surface area contributed by atoms with Gasteiger partial charge in [0, 0.05) is 61.3 Å². The van der Waals surface area contributed by atoms with Crippen LogP contribution in [-0.2, 0) is 15.6 Å². The Hall–Kier alpha value is -9.72. The summed E-state index contributed by atoms with van der Waals surface area (Å²) in [5, 5.41) is 19.8. The maximum absolute atomic E-state index is 12.2. The van der Waals surface area contributed by atoms with E-state index in [1.165, 1.54) is 50.6 Å². The molecule has 0 saturated carbocycles. The summed E-state index contributed by atoms with van der Waals surface area (Å²) < 4.78 is 40.2. The van der Waals surface area contributed by atoms with Gasteiger partial charge in [0.15, 0.2) is 0 Å². The molecule has 0 fully saturated rings. The number of carbonyl (C=O) groups is 1. The fourth-order valence-electron chi connectivity index (χ4n) is 13.4. The average molecular weight is 1400 g/mol. The highest BCUT2D eigenvalue weighted by molar-refractivity contribution is 5.97. The van der Waals surface area contributed by atoms with Crippen molar-refractivity contribution < 1.29 is 38.3 Å². The number of nitrogens with zero attached hydrogens (tertiary/aromatic N) is 2. The monoisotopic (exact) mass is 1390 g/mol. The molecule has 2 aliphatic carbocycles. The van der Waals surface area contributed by atoms with Gasteiger partial charge in [-0.25, -0.2) is 4.79 Å². The van der Waals surface area contributed by atoms with E-state index in [2.05, 4.69) is 273 Å². The predicted octanol–water partition coefficient (Wildman–Crippen LogP) is 24.8. The molecule has 10 rings (SSSR count). The Labute approximate surface area is 621 Å². The molecule has 0 radical (unpaired) electrons. The lowest BCUT2D eigenvalue weighted by Crippen LogP contribution is -2.18. The van der Waals surface area contributed by atoms with E-state index in [0.29, 0.717) is 104 Å².